The lowest BCUT2D eigenvalue weighted by Crippen LogP contribution is -2.17. The van der Waals surface area contributed by atoms with E-state index in [2.05, 4.69) is 49.8 Å². The number of nitrogens with zero attached hydrogens (tertiary/aromatic N) is 3. The first-order valence-electron chi connectivity index (χ1n) is 9.62. The molecule has 0 spiro atoms. The molecule has 1 aliphatic heterocycles. The van der Waals surface area contributed by atoms with Gasteiger partial charge in [0, 0.05) is 37.1 Å². The molecule has 0 unspecified atom stereocenters. The molecule has 6 heteroatoms. The SMILES string of the molecule is Cc1nc(NCc2ccc(F)cc2)cc(Nc2ccc(N3CCCC3)cc2)n1. The first-order valence-corrected chi connectivity index (χ1v) is 9.62. The third kappa shape index (κ3) is 4.57. The molecule has 0 saturated carbocycles. The van der Waals surface area contributed by atoms with Gasteiger partial charge in [-0.15, -0.1) is 0 Å². The number of aromatic nitrogens is 2. The van der Waals surface area contributed by atoms with Crippen LogP contribution < -0.4 is 15.5 Å². The second-order valence-electron chi connectivity index (χ2n) is 7.03. The van der Waals surface area contributed by atoms with Gasteiger partial charge in [0.25, 0.3) is 0 Å². The number of anilines is 4. The average molecular weight is 377 g/mol. The summed E-state index contributed by atoms with van der Waals surface area (Å²) in [6, 6.07) is 16.8. The van der Waals surface area contributed by atoms with Crippen molar-refractivity contribution >= 4 is 23.0 Å². The number of benzene rings is 2. The predicted molar refractivity (Wildman–Crippen MR) is 112 cm³/mol. The Morgan fingerprint density at radius 2 is 1.61 bits per heavy atom. The highest BCUT2D eigenvalue weighted by Crippen LogP contribution is 2.24. The van der Waals surface area contributed by atoms with Crippen LogP contribution in [0, 0.1) is 12.7 Å². The van der Waals surface area contributed by atoms with E-state index >= 15 is 0 Å². The van der Waals surface area contributed by atoms with Crippen molar-refractivity contribution in [3.05, 3.63) is 71.8 Å². The number of halogens is 1. The summed E-state index contributed by atoms with van der Waals surface area (Å²) in [7, 11) is 0. The molecule has 144 valence electrons. The monoisotopic (exact) mass is 377 g/mol. The minimum Gasteiger partial charge on any atom is -0.372 e. The standard InChI is InChI=1S/C22H24FN5/c1-16-25-21(24-15-17-4-6-18(23)7-5-17)14-22(26-16)27-19-8-10-20(11-9-19)28-12-2-3-13-28/h4-11,14H,2-3,12-13,15H2,1H3,(H2,24,25,26,27). The van der Waals surface area contributed by atoms with Crippen LogP contribution in [0.2, 0.25) is 0 Å². The van der Waals surface area contributed by atoms with E-state index in [1.54, 1.807) is 12.1 Å². The summed E-state index contributed by atoms with van der Waals surface area (Å²) < 4.78 is 13.0. The first kappa shape index (κ1) is 18.2. The lowest BCUT2D eigenvalue weighted by atomic mass is 10.2. The number of hydrogen-bond donors (Lipinski definition) is 2. The smallest absolute Gasteiger partial charge is 0.136 e. The fourth-order valence-electron chi connectivity index (χ4n) is 3.40. The second kappa shape index (κ2) is 8.25. The van der Waals surface area contributed by atoms with Gasteiger partial charge in [0.05, 0.1) is 0 Å². The van der Waals surface area contributed by atoms with Crippen LogP contribution in [-0.4, -0.2) is 23.1 Å². The van der Waals surface area contributed by atoms with E-state index in [0.717, 1.165) is 36.0 Å². The van der Waals surface area contributed by atoms with Crippen LogP contribution in [-0.2, 0) is 6.54 Å². The van der Waals surface area contributed by atoms with Crippen molar-refractivity contribution in [2.75, 3.05) is 28.6 Å². The number of nitrogens with one attached hydrogen (secondary N) is 2. The van der Waals surface area contributed by atoms with E-state index in [4.69, 9.17) is 0 Å². The van der Waals surface area contributed by atoms with Crippen LogP contribution in [0.1, 0.15) is 24.2 Å². The Hall–Kier alpha value is -3.15. The van der Waals surface area contributed by atoms with Crippen LogP contribution in [0.4, 0.5) is 27.4 Å². The molecule has 0 atom stereocenters. The van der Waals surface area contributed by atoms with Crippen LogP contribution in [0.15, 0.2) is 54.6 Å². The zero-order chi connectivity index (χ0) is 19.3. The van der Waals surface area contributed by atoms with Crippen molar-refractivity contribution in [3.63, 3.8) is 0 Å². The van der Waals surface area contributed by atoms with Crippen molar-refractivity contribution in [2.24, 2.45) is 0 Å². The van der Waals surface area contributed by atoms with E-state index in [1.807, 2.05) is 13.0 Å². The number of rotatable bonds is 6. The zero-order valence-electron chi connectivity index (χ0n) is 16.0. The minimum atomic E-state index is -0.233. The highest BCUT2D eigenvalue weighted by Gasteiger charge is 2.12. The van der Waals surface area contributed by atoms with Gasteiger partial charge in [0.2, 0.25) is 0 Å². The van der Waals surface area contributed by atoms with Crippen LogP contribution in [0.25, 0.3) is 0 Å². The molecule has 1 aromatic heterocycles. The van der Waals surface area contributed by atoms with Crippen molar-refractivity contribution in [1.82, 2.24) is 9.97 Å². The van der Waals surface area contributed by atoms with Gasteiger partial charge in [-0.3, -0.25) is 0 Å². The maximum Gasteiger partial charge on any atom is 0.136 e. The fourth-order valence-corrected chi connectivity index (χ4v) is 3.40. The molecule has 0 radical (unpaired) electrons. The Labute approximate surface area is 164 Å². The Balaban J connectivity index is 1.42. The van der Waals surface area contributed by atoms with E-state index in [0.29, 0.717) is 12.4 Å². The molecule has 5 nitrogen and oxygen atoms in total. The summed E-state index contributed by atoms with van der Waals surface area (Å²) in [5, 5.41) is 6.62. The van der Waals surface area contributed by atoms with Gasteiger partial charge in [-0.25, -0.2) is 14.4 Å². The molecular formula is C22H24FN5. The average Bonchev–Trinajstić information content (AvgIpc) is 3.23. The summed E-state index contributed by atoms with van der Waals surface area (Å²) in [6.45, 7) is 4.72. The molecule has 0 amide bonds. The Morgan fingerprint density at radius 3 is 2.32 bits per heavy atom. The van der Waals surface area contributed by atoms with Crippen molar-refractivity contribution in [1.29, 1.82) is 0 Å². The number of aryl methyl sites for hydroxylation is 1. The van der Waals surface area contributed by atoms with Gasteiger partial charge in [-0.2, -0.15) is 0 Å². The van der Waals surface area contributed by atoms with Gasteiger partial charge in [-0.1, -0.05) is 12.1 Å². The van der Waals surface area contributed by atoms with Gasteiger partial charge >= 0.3 is 0 Å². The van der Waals surface area contributed by atoms with E-state index < -0.39 is 0 Å². The molecule has 2 aromatic carbocycles. The molecule has 28 heavy (non-hydrogen) atoms. The van der Waals surface area contributed by atoms with Gasteiger partial charge in [0.15, 0.2) is 0 Å². The minimum absolute atomic E-state index is 0.233. The Bertz CT molecular complexity index is 919. The topological polar surface area (TPSA) is 53.1 Å². The van der Waals surface area contributed by atoms with Gasteiger partial charge in [-0.05, 0) is 61.7 Å². The Morgan fingerprint density at radius 1 is 0.929 bits per heavy atom. The summed E-state index contributed by atoms with van der Waals surface area (Å²) in [6.07, 6.45) is 2.54. The van der Waals surface area contributed by atoms with Crippen molar-refractivity contribution in [3.8, 4) is 0 Å². The maximum atomic E-state index is 13.0. The largest absolute Gasteiger partial charge is 0.372 e. The summed E-state index contributed by atoms with van der Waals surface area (Å²) in [5.41, 5.74) is 3.25. The molecular weight excluding hydrogens is 353 g/mol. The van der Waals surface area contributed by atoms with Crippen molar-refractivity contribution < 1.29 is 4.39 Å². The quantitative estimate of drug-likeness (QED) is 0.641. The van der Waals surface area contributed by atoms with Crippen molar-refractivity contribution in [2.45, 2.75) is 26.3 Å². The van der Waals surface area contributed by atoms with Gasteiger partial charge in [0.1, 0.15) is 23.3 Å². The molecule has 0 aliphatic carbocycles. The molecule has 1 saturated heterocycles. The van der Waals surface area contributed by atoms with Gasteiger partial charge < -0.3 is 15.5 Å². The lowest BCUT2D eigenvalue weighted by Gasteiger charge is -2.18. The second-order valence-corrected chi connectivity index (χ2v) is 7.03. The first-order chi connectivity index (χ1) is 13.7. The predicted octanol–water partition coefficient (Wildman–Crippen LogP) is 4.88. The third-order valence-corrected chi connectivity index (χ3v) is 4.84. The summed E-state index contributed by atoms with van der Waals surface area (Å²) in [5.74, 6) is 1.92. The fraction of sp³-hybridized carbons (Fsp3) is 0.273. The Kier molecular flexibility index (Phi) is 5.37. The maximum absolute atomic E-state index is 13.0. The molecule has 1 aliphatic rings. The molecule has 0 bridgehead atoms. The van der Waals surface area contributed by atoms with E-state index in [-0.39, 0.29) is 5.82 Å². The van der Waals surface area contributed by atoms with Crippen LogP contribution >= 0.6 is 0 Å². The molecule has 4 rings (SSSR count). The summed E-state index contributed by atoms with van der Waals surface area (Å²) in [4.78, 5) is 11.3. The van der Waals surface area contributed by atoms with E-state index in [1.165, 1.54) is 30.7 Å². The van der Waals surface area contributed by atoms with Crippen LogP contribution in [0.3, 0.4) is 0 Å². The van der Waals surface area contributed by atoms with Crippen LogP contribution in [0.5, 0.6) is 0 Å². The lowest BCUT2D eigenvalue weighted by molar-refractivity contribution is 0.627. The third-order valence-electron chi connectivity index (χ3n) is 4.84. The molecule has 3 aromatic rings. The van der Waals surface area contributed by atoms with E-state index in [9.17, 15) is 4.39 Å². The summed E-state index contributed by atoms with van der Waals surface area (Å²) >= 11 is 0. The zero-order valence-corrected chi connectivity index (χ0v) is 16.0. The highest BCUT2D eigenvalue weighted by molar-refractivity contribution is 5.62. The number of hydrogen-bond acceptors (Lipinski definition) is 5. The molecule has 1 fully saturated rings. The molecule has 2 N–H and O–H groups in total. The normalized spacial score (nSPS) is 13.6. The molecule has 2 heterocycles. The highest BCUT2D eigenvalue weighted by atomic mass is 19.1.